The zero-order valence-corrected chi connectivity index (χ0v) is 19.4. The molecule has 1 aromatic carbocycles. The fourth-order valence-corrected chi connectivity index (χ4v) is 3.83. The van der Waals surface area contributed by atoms with E-state index in [1.54, 1.807) is 0 Å². The summed E-state index contributed by atoms with van der Waals surface area (Å²) in [4.78, 5) is 16.3. The highest BCUT2D eigenvalue weighted by Crippen LogP contribution is 2.24. The Balaban J connectivity index is 2.28. The number of thioether (sulfide) groups is 1. The number of anilines is 1. The molecule has 2 rings (SSSR count). The van der Waals surface area contributed by atoms with Crippen LogP contribution in [0.3, 0.4) is 0 Å². The van der Waals surface area contributed by atoms with Crippen molar-refractivity contribution in [1.29, 1.82) is 0 Å². The normalized spacial score (nSPS) is 15.5. The average molecular weight is 510 g/mol. The summed E-state index contributed by atoms with van der Waals surface area (Å²) in [6, 6.07) is 0.132. The van der Waals surface area contributed by atoms with E-state index in [0.29, 0.717) is 18.2 Å². The Hall–Kier alpha value is -2.26. The number of hydrogen-bond acceptors (Lipinski definition) is 9. The number of amides is 1. The van der Waals surface area contributed by atoms with Crippen LogP contribution in [0.4, 0.5) is 14.8 Å². The molecule has 0 aliphatic rings. The quantitative estimate of drug-likeness (QED) is 0.263. The molecule has 10 nitrogen and oxygen atoms in total. The maximum Gasteiger partial charge on any atom is 0.309 e. The number of carbonyl (C=O) groups is 1. The summed E-state index contributed by atoms with van der Waals surface area (Å²) in [5.74, 6) is -2.29. The molecule has 0 radical (unpaired) electrons. The van der Waals surface area contributed by atoms with E-state index in [9.17, 15) is 37.3 Å². The average Bonchev–Trinajstić information content (AvgIpc) is 3.17. The number of nitrogens with zero attached hydrogens (tertiary/aromatic N) is 1. The Kier molecular flexibility index (Phi) is 9.60. The molecular weight excluding hydrogens is 484 g/mol. The second-order valence-corrected chi connectivity index (χ2v) is 9.99. The lowest BCUT2D eigenvalue weighted by Gasteiger charge is -2.31. The maximum absolute atomic E-state index is 13.7. The minimum Gasteiger partial charge on any atom is -0.431 e. The topological polar surface area (TPSA) is 162 Å². The van der Waals surface area contributed by atoms with Crippen molar-refractivity contribution in [3.05, 3.63) is 47.4 Å². The Morgan fingerprint density at radius 3 is 2.42 bits per heavy atom. The minimum absolute atomic E-state index is 0.130. The molecule has 14 heteroatoms. The van der Waals surface area contributed by atoms with Gasteiger partial charge in [-0.25, -0.2) is 21.9 Å². The molecule has 1 heterocycles. The van der Waals surface area contributed by atoms with Crippen molar-refractivity contribution in [3.8, 4) is 0 Å². The van der Waals surface area contributed by atoms with Crippen molar-refractivity contribution in [2.75, 3.05) is 23.0 Å². The van der Waals surface area contributed by atoms with Gasteiger partial charge in [0.1, 0.15) is 30.1 Å². The highest BCUT2D eigenvalue weighted by atomic mass is 32.2. The summed E-state index contributed by atoms with van der Waals surface area (Å²) in [7, 11) is -3.73. The van der Waals surface area contributed by atoms with Crippen LogP contribution in [-0.4, -0.2) is 71.1 Å². The van der Waals surface area contributed by atoms with Crippen LogP contribution in [0.15, 0.2) is 28.9 Å². The molecule has 4 unspecified atom stereocenters. The number of benzene rings is 1. The van der Waals surface area contributed by atoms with Crippen molar-refractivity contribution in [1.82, 2.24) is 10.3 Å². The number of nitrogens with one attached hydrogen (secondary N) is 2. The number of halogens is 2. The van der Waals surface area contributed by atoms with E-state index in [4.69, 9.17) is 4.42 Å². The zero-order chi connectivity index (χ0) is 24.8. The molecule has 1 aromatic heterocycles. The summed E-state index contributed by atoms with van der Waals surface area (Å²) in [6.07, 6.45) is -0.734. The molecule has 0 saturated carbocycles. The number of hydrogen-bond donors (Lipinski definition) is 5. The summed E-state index contributed by atoms with van der Waals surface area (Å²) in [6.45, 7) is 0. The van der Waals surface area contributed by atoms with E-state index in [1.807, 2.05) is 11.0 Å². The van der Waals surface area contributed by atoms with Crippen molar-refractivity contribution in [2.24, 2.45) is 0 Å². The predicted molar refractivity (Wildman–Crippen MR) is 117 cm³/mol. The SMILES string of the molecule is CSCCCC(O)C(O)C(NC(=O)c1coc(NS(C)(=O)=O)n1)C(O)c1cc(F)cc(F)c1. The van der Waals surface area contributed by atoms with Gasteiger partial charge >= 0.3 is 6.01 Å². The smallest absolute Gasteiger partial charge is 0.309 e. The fourth-order valence-electron chi connectivity index (χ4n) is 2.96. The van der Waals surface area contributed by atoms with Crippen LogP contribution in [0, 0.1) is 11.6 Å². The number of aliphatic hydroxyl groups is 3. The summed E-state index contributed by atoms with van der Waals surface area (Å²) in [5.41, 5.74) is -0.694. The van der Waals surface area contributed by atoms with Gasteiger partial charge in [-0.2, -0.15) is 16.7 Å². The van der Waals surface area contributed by atoms with Crippen LogP contribution in [0.25, 0.3) is 0 Å². The van der Waals surface area contributed by atoms with Crippen molar-refractivity contribution in [2.45, 2.75) is 37.2 Å². The van der Waals surface area contributed by atoms with Crippen molar-refractivity contribution < 1.29 is 41.7 Å². The molecule has 0 saturated heterocycles. The van der Waals surface area contributed by atoms with Gasteiger partial charge in [0, 0.05) is 6.07 Å². The van der Waals surface area contributed by atoms with E-state index in [1.165, 1.54) is 11.8 Å². The zero-order valence-electron chi connectivity index (χ0n) is 17.7. The van der Waals surface area contributed by atoms with Crippen LogP contribution in [-0.2, 0) is 10.0 Å². The first-order chi connectivity index (χ1) is 15.4. The summed E-state index contributed by atoms with van der Waals surface area (Å²) < 4.78 is 56.6. The highest BCUT2D eigenvalue weighted by Gasteiger charge is 2.35. The second-order valence-electron chi connectivity index (χ2n) is 7.25. The fraction of sp³-hybridized carbons (Fsp3) is 0.474. The van der Waals surface area contributed by atoms with Crippen molar-refractivity contribution >= 4 is 33.7 Å². The van der Waals surface area contributed by atoms with Crippen LogP contribution in [0.5, 0.6) is 0 Å². The van der Waals surface area contributed by atoms with Crippen LogP contribution in [0.1, 0.15) is 35.0 Å². The lowest BCUT2D eigenvalue weighted by Crippen LogP contribution is -2.52. The first kappa shape index (κ1) is 27.0. The lowest BCUT2D eigenvalue weighted by molar-refractivity contribution is -0.0402. The molecule has 1 amide bonds. The van der Waals surface area contributed by atoms with Gasteiger partial charge in [0.25, 0.3) is 5.91 Å². The standard InChI is InChI=1S/C19H25F2N3O7S2/c1-32-5-3-4-14(25)17(27)15(16(26)10-6-11(20)8-12(21)7-10)23-18(28)13-9-31-19(22-13)24-33(2,29)30/h6-9,14-17,25-27H,3-5H2,1-2H3,(H,22,24)(H,23,28). The second kappa shape index (κ2) is 11.7. The van der Waals surface area contributed by atoms with Crippen molar-refractivity contribution in [3.63, 3.8) is 0 Å². The van der Waals surface area contributed by atoms with Gasteiger partial charge < -0.3 is 25.1 Å². The Morgan fingerprint density at radius 1 is 1.21 bits per heavy atom. The molecule has 0 fully saturated rings. The third-order valence-electron chi connectivity index (χ3n) is 4.48. The molecule has 2 aromatic rings. The molecule has 4 atom stereocenters. The molecule has 0 spiro atoms. The largest absolute Gasteiger partial charge is 0.431 e. The molecule has 5 N–H and O–H groups in total. The monoisotopic (exact) mass is 509 g/mol. The number of sulfonamides is 1. The van der Waals surface area contributed by atoms with Gasteiger partial charge in [0.05, 0.1) is 18.4 Å². The maximum atomic E-state index is 13.7. The van der Waals surface area contributed by atoms with Gasteiger partial charge in [-0.1, -0.05) is 0 Å². The molecule has 33 heavy (non-hydrogen) atoms. The van der Waals surface area contributed by atoms with Gasteiger partial charge in [0.2, 0.25) is 10.0 Å². The first-order valence-electron chi connectivity index (χ1n) is 9.64. The molecule has 0 aliphatic carbocycles. The van der Waals surface area contributed by atoms with Gasteiger partial charge in [-0.15, -0.1) is 0 Å². The van der Waals surface area contributed by atoms with E-state index in [0.717, 1.165) is 24.7 Å². The molecule has 0 aliphatic heterocycles. The first-order valence-corrected chi connectivity index (χ1v) is 12.9. The van der Waals surface area contributed by atoms with Gasteiger partial charge in [-0.05, 0) is 42.5 Å². The Labute approximate surface area is 193 Å². The Morgan fingerprint density at radius 2 is 1.85 bits per heavy atom. The Bertz CT molecular complexity index is 1030. The molecular formula is C19H25F2N3O7S2. The number of aromatic nitrogens is 1. The van der Waals surface area contributed by atoms with Crippen LogP contribution >= 0.6 is 11.8 Å². The lowest BCUT2D eigenvalue weighted by atomic mass is 9.93. The van der Waals surface area contributed by atoms with E-state index < -0.39 is 63.6 Å². The number of aliphatic hydroxyl groups excluding tert-OH is 3. The highest BCUT2D eigenvalue weighted by molar-refractivity contribution is 7.98. The molecule has 0 bridgehead atoms. The van der Waals surface area contributed by atoms with E-state index >= 15 is 0 Å². The van der Waals surface area contributed by atoms with Gasteiger partial charge in [0.15, 0.2) is 5.69 Å². The number of oxazole rings is 1. The summed E-state index contributed by atoms with van der Waals surface area (Å²) in [5, 5.41) is 34.0. The van der Waals surface area contributed by atoms with E-state index in [2.05, 4.69) is 10.3 Å². The molecule has 184 valence electrons. The van der Waals surface area contributed by atoms with Gasteiger partial charge in [-0.3, -0.25) is 4.79 Å². The third-order valence-corrected chi connectivity index (χ3v) is 5.73. The van der Waals surface area contributed by atoms with E-state index in [-0.39, 0.29) is 12.0 Å². The third kappa shape index (κ3) is 8.23. The van der Waals surface area contributed by atoms with Crippen LogP contribution in [0.2, 0.25) is 0 Å². The number of carbonyl (C=O) groups excluding carboxylic acids is 1. The summed E-state index contributed by atoms with van der Waals surface area (Å²) >= 11 is 1.52. The number of rotatable bonds is 12. The van der Waals surface area contributed by atoms with Crippen LogP contribution < -0.4 is 10.0 Å². The predicted octanol–water partition coefficient (Wildman–Crippen LogP) is 1.02. The minimum atomic E-state index is -3.73.